The van der Waals surface area contributed by atoms with Crippen molar-refractivity contribution in [3.8, 4) is 0 Å². The van der Waals surface area contributed by atoms with Gasteiger partial charge in [0.1, 0.15) is 0 Å². The van der Waals surface area contributed by atoms with E-state index in [1.807, 2.05) is 18.2 Å². The minimum atomic E-state index is -0.262. The number of benzene rings is 1. The molecule has 3 heteroatoms. The molecule has 1 heterocycles. The van der Waals surface area contributed by atoms with Crippen LogP contribution < -0.4 is 0 Å². The molecule has 0 bridgehead atoms. The molecule has 0 aliphatic carbocycles. The van der Waals surface area contributed by atoms with Crippen molar-refractivity contribution in [2.75, 3.05) is 7.11 Å². The summed E-state index contributed by atoms with van der Waals surface area (Å²) in [4.78, 5) is 5.14. The van der Waals surface area contributed by atoms with Gasteiger partial charge in [-0.15, -0.1) is 0 Å². The summed E-state index contributed by atoms with van der Waals surface area (Å²) in [5.41, 5.74) is 1.23. The predicted octanol–water partition coefficient (Wildman–Crippen LogP) is 2.15. The summed E-state index contributed by atoms with van der Waals surface area (Å²) in [5.74, 6) is 0.249. The lowest BCUT2D eigenvalue weighted by atomic mass is 9.95. The van der Waals surface area contributed by atoms with E-state index in [-0.39, 0.29) is 12.2 Å². The number of hydrogen-bond donors (Lipinski definition) is 0. The highest BCUT2D eigenvalue weighted by atomic mass is 16.8. The van der Waals surface area contributed by atoms with Crippen molar-refractivity contribution in [3.63, 3.8) is 0 Å². The van der Waals surface area contributed by atoms with Gasteiger partial charge in [0, 0.05) is 13.3 Å². The molecule has 3 nitrogen and oxygen atoms in total. The molecule has 0 spiro atoms. The second-order valence-electron chi connectivity index (χ2n) is 3.25. The van der Waals surface area contributed by atoms with Gasteiger partial charge in [-0.05, 0) is 12.0 Å². The molecule has 2 atom stereocenters. The van der Waals surface area contributed by atoms with E-state index in [1.165, 1.54) is 5.56 Å². The van der Waals surface area contributed by atoms with Crippen molar-refractivity contribution in [3.05, 3.63) is 35.9 Å². The van der Waals surface area contributed by atoms with Crippen LogP contribution >= 0.6 is 0 Å². The van der Waals surface area contributed by atoms with Gasteiger partial charge in [-0.25, -0.2) is 0 Å². The minimum Gasteiger partial charge on any atom is -0.363 e. The van der Waals surface area contributed by atoms with Crippen molar-refractivity contribution in [2.24, 2.45) is 5.16 Å². The number of nitrogens with zero attached hydrogens (tertiary/aromatic N) is 1. The average Bonchev–Trinajstić information content (AvgIpc) is 2.30. The standard InChI is InChI=1S/C11H13NO2/c1-13-11-10(7-8-12-14-11)9-5-3-2-4-6-9/h2-6,8,10-11H,7H2,1H3. The molecule has 2 rings (SSSR count). The largest absolute Gasteiger partial charge is 0.363 e. The summed E-state index contributed by atoms with van der Waals surface area (Å²) in [7, 11) is 1.64. The van der Waals surface area contributed by atoms with Gasteiger partial charge in [0.15, 0.2) is 0 Å². The van der Waals surface area contributed by atoms with Crippen molar-refractivity contribution < 1.29 is 9.57 Å². The normalized spacial score (nSPS) is 25.8. The number of hydrogen-bond acceptors (Lipinski definition) is 3. The second kappa shape index (κ2) is 4.24. The van der Waals surface area contributed by atoms with Crippen molar-refractivity contribution in [1.82, 2.24) is 0 Å². The number of methoxy groups -OCH3 is 1. The zero-order valence-electron chi connectivity index (χ0n) is 8.09. The van der Waals surface area contributed by atoms with E-state index in [4.69, 9.17) is 9.57 Å². The molecular weight excluding hydrogens is 178 g/mol. The van der Waals surface area contributed by atoms with E-state index >= 15 is 0 Å². The molecule has 74 valence electrons. The quantitative estimate of drug-likeness (QED) is 0.717. The first kappa shape index (κ1) is 9.21. The van der Waals surface area contributed by atoms with E-state index in [2.05, 4.69) is 17.3 Å². The van der Waals surface area contributed by atoms with Gasteiger partial charge in [-0.2, -0.15) is 0 Å². The molecule has 1 aliphatic rings. The number of rotatable bonds is 2. The summed E-state index contributed by atoms with van der Waals surface area (Å²) in [6.07, 6.45) is 2.39. The Morgan fingerprint density at radius 3 is 2.86 bits per heavy atom. The van der Waals surface area contributed by atoms with Crippen molar-refractivity contribution in [2.45, 2.75) is 18.6 Å². The minimum absolute atomic E-state index is 0.249. The predicted molar refractivity (Wildman–Crippen MR) is 54.2 cm³/mol. The van der Waals surface area contributed by atoms with Crippen LogP contribution in [0, 0.1) is 0 Å². The van der Waals surface area contributed by atoms with Crippen LogP contribution in [-0.2, 0) is 9.57 Å². The molecule has 0 amide bonds. The zero-order valence-corrected chi connectivity index (χ0v) is 8.09. The third-order valence-corrected chi connectivity index (χ3v) is 2.39. The highest BCUT2D eigenvalue weighted by Gasteiger charge is 2.26. The molecule has 0 fully saturated rings. The van der Waals surface area contributed by atoms with Crippen LogP contribution in [0.3, 0.4) is 0 Å². The van der Waals surface area contributed by atoms with Gasteiger partial charge in [-0.1, -0.05) is 35.5 Å². The fourth-order valence-corrected chi connectivity index (χ4v) is 1.64. The third-order valence-electron chi connectivity index (χ3n) is 2.39. The molecule has 0 saturated carbocycles. The summed E-state index contributed by atoms with van der Waals surface area (Å²) in [6, 6.07) is 10.2. The third kappa shape index (κ3) is 1.77. The first-order valence-corrected chi connectivity index (χ1v) is 4.67. The Morgan fingerprint density at radius 1 is 1.36 bits per heavy atom. The van der Waals surface area contributed by atoms with Gasteiger partial charge in [0.05, 0.1) is 5.92 Å². The van der Waals surface area contributed by atoms with Crippen LogP contribution in [0.5, 0.6) is 0 Å². The van der Waals surface area contributed by atoms with Gasteiger partial charge in [0.2, 0.25) is 6.29 Å². The van der Waals surface area contributed by atoms with E-state index in [9.17, 15) is 0 Å². The van der Waals surface area contributed by atoms with Crippen LogP contribution in [-0.4, -0.2) is 19.6 Å². The maximum Gasteiger partial charge on any atom is 0.233 e. The number of oxime groups is 1. The average molecular weight is 191 g/mol. The Morgan fingerprint density at radius 2 is 2.14 bits per heavy atom. The van der Waals surface area contributed by atoms with Crippen LogP contribution in [0.4, 0.5) is 0 Å². The Bertz CT molecular complexity index is 310. The fraction of sp³-hybridized carbons (Fsp3) is 0.364. The monoisotopic (exact) mass is 191 g/mol. The maximum absolute atomic E-state index is 5.22. The van der Waals surface area contributed by atoms with Crippen LogP contribution in [0.15, 0.2) is 35.5 Å². The van der Waals surface area contributed by atoms with Crippen LogP contribution in [0.1, 0.15) is 17.9 Å². The van der Waals surface area contributed by atoms with Crippen molar-refractivity contribution in [1.29, 1.82) is 0 Å². The van der Waals surface area contributed by atoms with Gasteiger partial charge >= 0.3 is 0 Å². The Kier molecular flexibility index (Phi) is 2.79. The van der Waals surface area contributed by atoms with E-state index < -0.39 is 0 Å². The molecule has 0 saturated heterocycles. The Labute approximate surface area is 83.3 Å². The van der Waals surface area contributed by atoms with Gasteiger partial charge < -0.3 is 9.57 Å². The summed E-state index contributed by atoms with van der Waals surface area (Å²) in [6.45, 7) is 0. The first-order chi connectivity index (χ1) is 6.92. The number of ether oxygens (including phenoxy) is 1. The SMILES string of the molecule is COC1ON=CCC1c1ccccc1. The molecule has 1 aliphatic heterocycles. The Balaban J connectivity index is 2.20. The molecular formula is C11H13NO2. The topological polar surface area (TPSA) is 30.8 Å². The Hall–Kier alpha value is -1.35. The molecule has 0 radical (unpaired) electrons. The summed E-state index contributed by atoms with van der Waals surface area (Å²) >= 11 is 0. The highest BCUT2D eigenvalue weighted by molar-refractivity contribution is 5.59. The van der Waals surface area contributed by atoms with Crippen LogP contribution in [0.25, 0.3) is 0 Å². The van der Waals surface area contributed by atoms with E-state index in [0.717, 1.165) is 6.42 Å². The second-order valence-corrected chi connectivity index (χ2v) is 3.25. The highest BCUT2D eigenvalue weighted by Crippen LogP contribution is 2.27. The summed E-state index contributed by atoms with van der Waals surface area (Å²) < 4.78 is 5.22. The zero-order chi connectivity index (χ0) is 9.80. The first-order valence-electron chi connectivity index (χ1n) is 4.67. The van der Waals surface area contributed by atoms with Crippen LogP contribution in [0.2, 0.25) is 0 Å². The lowest BCUT2D eigenvalue weighted by molar-refractivity contribution is -0.142. The molecule has 1 aromatic carbocycles. The van der Waals surface area contributed by atoms with Gasteiger partial charge in [-0.3, -0.25) is 0 Å². The fourth-order valence-electron chi connectivity index (χ4n) is 1.64. The molecule has 0 N–H and O–H groups in total. The van der Waals surface area contributed by atoms with Gasteiger partial charge in [0.25, 0.3) is 0 Å². The van der Waals surface area contributed by atoms with E-state index in [1.54, 1.807) is 13.3 Å². The lowest BCUT2D eigenvalue weighted by Crippen LogP contribution is -2.26. The lowest BCUT2D eigenvalue weighted by Gasteiger charge is -2.25. The van der Waals surface area contributed by atoms with Crippen molar-refractivity contribution >= 4 is 6.21 Å². The molecule has 2 unspecified atom stereocenters. The van der Waals surface area contributed by atoms with E-state index in [0.29, 0.717) is 0 Å². The smallest absolute Gasteiger partial charge is 0.233 e. The maximum atomic E-state index is 5.22. The molecule has 1 aromatic rings. The summed E-state index contributed by atoms with van der Waals surface area (Å²) in [5, 5.41) is 3.76. The molecule has 0 aromatic heterocycles. The molecule has 14 heavy (non-hydrogen) atoms.